The average Bonchev–Trinajstić information content (AvgIpc) is 3.08. The van der Waals surface area contributed by atoms with Crippen LogP contribution in [0, 0.1) is 0 Å². The fraction of sp³-hybridized carbons (Fsp3) is 0.412. The van der Waals surface area contributed by atoms with E-state index in [1.807, 2.05) is 36.0 Å². The zero-order valence-corrected chi connectivity index (χ0v) is 16.4. The molecule has 8 heteroatoms. The number of hydrogen-bond donors (Lipinski definition) is 2. The summed E-state index contributed by atoms with van der Waals surface area (Å²) in [5.41, 5.74) is 1.05. The molecule has 0 saturated carbocycles. The summed E-state index contributed by atoms with van der Waals surface area (Å²) in [4.78, 5) is 12.5. The summed E-state index contributed by atoms with van der Waals surface area (Å²) in [6, 6.07) is 7.58. The molecular weight excluding hydrogens is 408 g/mol. The molecular formula is C17H22BrClN4O2. The molecule has 2 N–H and O–H groups in total. The maximum Gasteiger partial charge on any atom is 0.276 e. The van der Waals surface area contributed by atoms with Crippen molar-refractivity contribution in [2.75, 3.05) is 25.0 Å². The molecule has 1 amide bonds. The van der Waals surface area contributed by atoms with Gasteiger partial charge in [0, 0.05) is 17.2 Å². The number of ether oxygens (including phenoxy) is 1. The molecule has 0 aliphatic carbocycles. The number of nitrogens with zero attached hydrogens (tertiary/aromatic N) is 2. The van der Waals surface area contributed by atoms with Crippen molar-refractivity contribution in [3.63, 3.8) is 0 Å². The van der Waals surface area contributed by atoms with Crippen molar-refractivity contribution in [1.29, 1.82) is 0 Å². The minimum absolute atomic E-state index is 0. The van der Waals surface area contributed by atoms with Gasteiger partial charge in [-0.05, 0) is 50.6 Å². The molecule has 1 fully saturated rings. The first-order valence-corrected chi connectivity index (χ1v) is 8.96. The average molecular weight is 430 g/mol. The van der Waals surface area contributed by atoms with Gasteiger partial charge in [-0.3, -0.25) is 9.48 Å². The lowest BCUT2D eigenvalue weighted by atomic mass is 10.1. The van der Waals surface area contributed by atoms with E-state index >= 15 is 0 Å². The zero-order chi connectivity index (χ0) is 16.9. The Balaban J connectivity index is 0.00000225. The second-order valence-corrected chi connectivity index (χ2v) is 6.62. The molecule has 1 atom stereocenters. The van der Waals surface area contributed by atoms with Crippen LogP contribution < -0.4 is 15.4 Å². The van der Waals surface area contributed by atoms with Crippen LogP contribution in [0.2, 0.25) is 0 Å². The standard InChI is InChI=1S/C17H21BrN4O2.ClH/c1-2-24-16-10-12(18)5-6-14(16)20-17(23)15-7-9-22(21-15)13-4-3-8-19-11-13;/h5-7,9-10,13,19H,2-4,8,11H2,1H3,(H,20,23);1H. The van der Waals surface area contributed by atoms with Gasteiger partial charge in [0.15, 0.2) is 5.69 Å². The van der Waals surface area contributed by atoms with Gasteiger partial charge in [-0.2, -0.15) is 5.10 Å². The number of piperidine rings is 1. The first kappa shape index (κ1) is 19.8. The Labute approximate surface area is 161 Å². The summed E-state index contributed by atoms with van der Waals surface area (Å²) in [5.74, 6) is 0.400. The van der Waals surface area contributed by atoms with Gasteiger partial charge < -0.3 is 15.4 Å². The van der Waals surface area contributed by atoms with Crippen molar-refractivity contribution in [3.8, 4) is 5.75 Å². The molecule has 3 rings (SSSR count). The molecule has 0 spiro atoms. The summed E-state index contributed by atoms with van der Waals surface area (Å²) in [6.07, 6.45) is 4.08. The Morgan fingerprint density at radius 2 is 2.32 bits per heavy atom. The van der Waals surface area contributed by atoms with E-state index in [9.17, 15) is 4.79 Å². The van der Waals surface area contributed by atoms with E-state index in [0.717, 1.165) is 30.4 Å². The van der Waals surface area contributed by atoms with Crippen LogP contribution in [-0.2, 0) is 0 Å². The molecule has 25 heavy (non-hydrogen) atoms. The number of carbonyl (C=O) groups excluding carboxylic acids is 1. The Hall–Kier alpha value is -1.57. The number of carbonyl (C=O) groups is 1. The number of amides is 1. The maximum absolute atomic E-state index is 12.5. The van der Waals surface area contributed by atoms with E-state index in [-0.39, 0.29) is 18.3 Å². The van der Waals surface area contributed by atoms with Crippen LogP contribution in [0.25, 0.3) is 0 Å². The van der Waals surface area contributed by atoms with E-state index < -0.39 is 0 Å². The minimum atomic E-state index is -0.235. The number of aromatic nitrogens is 2. The molecule has 1 aromatic carbocycles. The fourth-order valence-corrected chi connectivity index (χ4v) is 3.12. The van der Waals surface area contributed by atoms with Crippen LogP contribution in [0.15, 0.2) is 34.9 Å². The van der Waals surface area contributed by atoms with Crippen molar-refractivity contribution in [3.05, 3.63) is 40.6 Å². The largest absolute Gasteiger partial charge is 0.492 e. The van der Waals surface area contributed by atoms with Gasteiger partial charge in [-0.25, -0.2) is 0 Å². The van der Waals surface area contributed by atoms with E-state index in [2.05, 4.69) is 31.7 Å². The van der Waals surface area contributed by atoms with E-state index in [4.69, 9.17) is 4.74 Å². The summed E-state index contributed by atoms with van der Waals surface area (Å²) >= 11 is 3.41. The molecule has 136 valence electrons. The van der Waals surface area contributed by atoms with Gasteiger partial charge in [0.2, 0.25) is 0 Å². The molecule has 0 bridgehead atoms. The third-order valence-electron chi connectivity index (χ3n) is 3.98. The molecule has 2 aromatic rings. The Morgan fingerprint density at radius 1 is 1.48 bits per heavy atom. The predicted octanol–water partition coefficient (Wildman–Crippen LogP) is 3.64. The normalized spacial score (nSPS) is 16.8. The lowest BCUT2D eigenvalue weighted by molar-refractivity contribution is 0.102. The summed E-state index contributed by atoms with van der Waals surface area (Å²) < 4.78 is 8.36. The summed E-state index contributed by atoms with van der Waals surface area (Å²) in [7, 11) is 0. The third-order valence-corrected chi connectivity index (χ3v) is 4.47. The predicted molar refractivity (Wildman–Crippen MR) is 104 cm³/mol. The van der Waals surface area contributed by atoms with Crippen molar-refractivity contribution in [2.45, 2.75) is 25.8 Å². The maximum atomic E-state index is 12.5. The fourth-order valence-electron chi connectivity index (χ4n) is 2.78. The first-order valence-electron chi connectivity index (χ1n) is 8.17. The van der Waals surface area contributed by atoms with Gasteiger partial charge in [-0.1, -0.05) is 15.9 Å². The number of hydrogen-bond acceptors (Lipinski definition) is 4. The van der Waals surface area contributed by atoms with Crippen LogP contribution in [0.3, 0.4) is 0 Å². The minimum Gasteiger partial charge on any atom is -0.492 e. The Kier molecular flexibility index (Phi) is 7.28. The molecule has 1 aliphatic rings. The molecule has 1 unspecified atom stereocenters. The molecule has 2 heterocycles. The van der Waals surface area contributed by atoms with Crippen molar-refractivity contribution >= 4 is 39.9 Å². The molecule has 1 aliphatic heterocycles. The smallest absolute Gasteiger partial charge is 0.276 e. The van der Waals surface area contributed by atoms with E-state index in [1.165, 1.54) is 0 Å². The van der Waals surface area contributed by atoms with Gasteiger partial charge in [0.25, 0.3) is 5.91 Å². The number of anilines is 1. The highest BCUT2D eigenvalue weighted by atomic mass is 79.9. The SMILES string of the molecule is CCOc1cc(Br)ccc1NC(=O)c1ccn(C2CCCNC2)n1.Cl. The van der Waals surface area contributed by atoms with Crippen molar-refractivity contribution in [1.82, 2.24) is 15.1 Å². The van der Waals surface area contributed by atoms with Gasteiger partial charge in [0.05, 0.1) is 18.3 Å². The highest BCUT2D eigenvalue weighted by Gasteiger charge is 2.18. The molecule has 1 aromatic heterocycles. The second-order valence-electron chi connectivity index (χ2n) is 5.71. The van der Waals surface area contributed by atoms with Crippen LogP contribution in [0.5, 0.6) is 5.75 Å². The molecule has 6 nitrogen and oxygen atoms in total. The monoisotopic (exact) mass is 428 g/mol. The first-order chi connectivity index (χ1) is 11.7. The van der Waals surface area contributed by atoms with Gasteiger partial charge in [0.1, 0.15) is 5.75 Å². The second kappa shape index (κ2) is 9.22. The van der Waals surface area contributed by atoms with Crippen molar-refractivity contribution < 1.29 is 9.53 Å². The molecule has 0 radical (unpaired) electrons. The van der Waals surface area contributed by atoms with Crippen LogP contribution in [-0.4, -0.2) is 35.4 Å². The van der Waals surface area contributed by atoms with Crippen molar-refractivity contribution in [2.24, 2.45) is 0 Å². The number of halogens is 2. The third kappa shape index (κ3) is 4.96. The quantitative estimate of drug-likeness (QED) is 0.761. The number of benzene rings is 1. The number of nitrogens with one attached hydrogen (secondary N) is 2. The summed E-state index contributed by atoms with van der Waals surface area (Å²) in [5, 5.41) is 10.7. The highest BCUT2D eigenvalue weighted by molar-refractivity contribution is 9.10. The van der Waals surface area contributed by atoms with Crippen LogP contribution >= 0.6 is 28.3 Å². The zero-order valence-electron chi connectivity index (χ0n) is 14.0. The Morgan fingerprint density at radius 3 is 3.04 bits per heavy atom. The molecule has 1 saturated heterocycles. The van der Waals surface area contributed by atoms with Gasteiger partial charge in [-0.15, -0.1) is 12.4 Å². The van der Waals surface area contributed by atoms with Crippen LogP contribution in [0.1, 0.15) is 36.3 Å². The van der Waals surface area contributed by atoms with E-state index in [1.54, 1.807) is 6.07 Å². The van der Waals surface area contributed by atoms with E-state index in [0.29, 0.717) is 29.8 Å². The van der Waals surface area contributed by atoms with Crippen LogP contribution in [0.4, 0.5) is 5.69 Å². The highest BCUT2D eigenvalue weighted by Crippen LogP contribution is 2.28. The summed E-state index contributed by atoms with van der Waals surface area (Å²) in [6.45, 7) is 4.38. The number of rotatable bonds is 5. The lowest BCUT2D eigenvalue weighted by Crippen LogP contribution is -2.32. The Bertz CT molecular complexity index is 716. The lowest BCUT2D eigenvalue weighted by Gasteiger charge is -2.22. The topological polar surface area (TPSA) is 68.2 Å². The van der Waals surface area contributed by atoms with Gasteiger partial charge >= 0.3 is 0 Å².